The van der Waals surface area contributed by atoms with Crippen LogP contribution in [0.3, 0.4) is 0 Å². The summed E-state index contributed by atoms with van der Waals surface area (Å²) in [6.07, 6.45) is 0. The van der Waals surface area contributed by atoms with Gasteiger partial charge in [-0.05, 0) is 37.7 Å². The van der Waals surface area contributed by atoms with Crippen molar-refractivity contribution in [3.8, 4) is 5.75 Å². The van der Waals surface area contributed by atoms with Crippen molar-refractivity contribution in [1.82, 2.24) is 9.62 Å². The number of rotatable bonds is 6. The first-order valence-electron chi connectivity index (χ1n) is 7.71. The second-order valence-electron chi connectivity index (χ2n) is 5.66. The van der Waals surface area contributed by atoms with Crippen LogP contribution in [-0.2, 0) is 16.6 Å². The highest BCUT2D eigenvalue weighted by atomic mass is 32.2. The smallest absolute Gasteiger partial charge is 0.254 e. The van der Waals surface area contributed by atoms with Gasteiger partial charge < -0.3 is 9.64 Å². The Hall–Kier alpha value is -2.38. The lowest BCUT2D eigenvalue weighted by Gasteiger charge is -2.20. The number of carbonyl (C=O) groups is 1. The molecule has 0 unspecified atom stereocenters. The first kappa shape index (κ1) is 19.0. The maximum Gasteiger partial charge on any atom is 0.254 e. The van der Waals surface area contributed by atoms with Gasteiger partial charge in [0.25, 0.3) is 5.91 Å². The fourth-order valence-electron chi connectivity index (χ4n) is 2.48. The van der Waals surface area contributed by atoms with Crippen LogP contribution in [0.5, 0.6) is 5.75 Å². The number of hydrogen-bond donors (Lipinski definition) is 1. The highest BCUT2D eigenvalue weighted by Crippen LogP contribution is 2.21. The summed E-state index contributed by atoms with van der Waals surface area (Å²) in [5, 5.41) is 0. The van der Waals surface area contributed by atoms with E-state index in [-0.39, 0.29) is 10.8 Å². The fourth-order valence-corrected chi connectivity index (χ4v) is 3.24. The SMILES string of the molecule is CNS(=O)(=O)c1ccc(C)c(C(=O)N(C)Cc2ccccc2OC)c1. The molecule has 7 heteroatoms. The van der Waals surface area contributed by atoms with E-state index in [0.717, 1.165) is 5.56 Å². The molecule has 0 spiro atoms. The predicted molar refractivity (Wildman–Crippen MR) is 96.2 cm³/mol. The van der Waals surface area contributed by atoms with Crippen LogP contribution in [0.2, 0.25) is 0 Å². The molecule has 0 aliphatic rings. The van der Waals surface area contributed by atoms with Gasteiger partial charge in [0.2, 0.25) is 10.0 Å². The predicted octanol–water partition coefficient (Wildman–Crippen LogP) is 2.18. The number of benzene rings is 2. The lowest BCUT2D eigenvalue weighted by molar-refractivity contribution is 0.0783. The molecule has 25 heavy (non-hydrogen) atoms. The molecule has 0 atom stereocenters. The van der Waals surface area contributed by atoms with Crippen molar-refractivity contribution < 1.29 is 17.9 Å². The Morgan fingerprint density at radius 2 is 1.88 bits per heavy atom. The van der Waals surface area contributed by atoms with Crippen LogP contribution in [0, 0.1) is 6.92 Å². The third-order valence-corrected chi connectivity index (χ3v) is 5.38. The number of carbonyl (C=O) groups excluding carboxylic acids is 1. The third kappa shape index (κ3) is 4.18. The van der Waals surface area contributed by atoms with Crippen LogP contribution in [0.25, 0.3) is 0 Å². The van der Waals surface area contributed by atoms with E-state index >= 15 is 0 Å². The van der Waals surface area contributed by atoms with Gasteiger partial charge in [0.15, 0.2) is 0 Å². The second kappa shape index (κ2) is 7.67. The molecule has 1 amide bonds. The lowest BCUT2D eigenvalue weighted by Crippen LogP contribution is -2.27. The molecule has 2 aromatic carbocycles. The standard InChI is InChI=1S/C18H22N2O4S/c1-13-9-10-15(25(22,23)19-2)11-16(13)18(21)20(3)12-14-7-5-6-8-17(14)24-4/h5-11,19H,12H2,1-4H3. The van der Waals surface area contributed by atoms with Crippen LogP contribution >= 0.6 is 0 Å². The summed E-state index contributed by atoms with van der Waals surface area (Å²) in [5.74, 6) is 0.446. The maximum atomic E-state index is 12.8. The molecule has 0 heterocycles. The van der Waals surface area contributed by atoms with Crippen molar-refractivity contribution in [1.29, 1.82) is 0 Å². The molecule has 2 rings (SSSR count). The second-order valence-corrected chi connectivity index (χ2v) is 7.54. The fraction of sp³-hybridized carbons (Fsp3) is 0.278. The molecule has 0 aliphatic heterocycles. The molecule has 0 aromatic heterocycles. The van der Waals surface area contributed by atoms with Crippen LogP contribution in [-0.4, -0.2) is 40.4 Å². The zero-order chi connectivity index (χ0) is 18.6. The number of aryl methyl sites for hydroxylation is 1. The van der Waals surface area contributed by atoms with Gasteiger partial charge in [-0.15, -0.1) is 0 Å². The summed E-state index contributed by atoms with van der Waals surface area (Å²) in [4.78, 5) is 14.4. The molecule has 0 saturated carbocycles. The molecule has 0 fully saturated rings. The topological polar surface area (TPSA) is 75.7 Å². The van der Waals surface area contributed by atoms with Crippen LogP contribution < -0.4 is 9.46 Å². The average Bonchev–Trinajstić information content (AvgIpc) is 2.61. The Labute approximate surface area is 148 Å². The number of sulfonamides is 1. The number of para-hydroxylation sites is 1. The van der Waals surface area contributed by atoms with Crippen molar-refractivity contribution >= 4 is 15.9 Å². The molecule has 0 bridgehead atoms. The number of methoxy groups -OCH3 is 1. The van der Waals surface area contributed by atoms with Crippen molar-refractivity contribution in [2.24, 2.45) is 0 Å². The van der Waals surface area contributed by atoms with Gasteiger partial charge in [-0.25, -0.2) is 13.1 Å². The number of nitrogens with one attached hydrogen (secondary N) is 1. The van der Waals surface area contributed by atoms with Gasteiger partial charge in [-0.2, -0.15) is 0 Å². The van der Waals surface area contributed by atoms with E-state index in [1.54, 1.807) is 27.1 Å². The Morgan fingerprint density at radius 1 is 1.20 bits per heavy atom. The minimum absolute atomic E-state index is 0.0645. The molecule has 0 radical (unpaired) electrons. The monoisotopic (exact) mass is 362 g/mol. The summed E-state index contributed by atoms with van der Waals surface area (Å²) in [6.45, 7) is 2.13. The lowest BCUT2D eigenvalue weighted by atomic mass is 10.1. The summed E-state index contributed by atoms with van der Waals surface area (Å²) >= 11 is 0. The van der Waals surface area contributed by atoms with Crippen molar-refractivity contribution in [2.75, 3.05) is 21.2 Å². The number of hydrogen-bond acceptors (Lipinski definition) is 4. The van der Waals surface area contributed by atoms with Gasteiger partial charge in [-0.1, -0.05) is 24.3 Å². The summed E-state index contributed by atoms with van der Waals surface area (Å²) < 4.78 is 31.5. The van der Waals surface area contributed by atoms with Crippen LogP contribution in [0.4, 0.5) is 0 Å². The molecular weight excluding hydrogens is 340 g/mol. The Morgan fingerprint density at radius 3 is 2.52 bits per heavy atom. The number of ether oxygens (including phenoxy) is 1. The van der Waals surface area contributed by atoms with E-state index < -0.39 is 10.0 Å². The largest absolute Gasteiger partial charge is 0.496 e. The maximum absolute atomic E-state index is 12.8. The molecule has 1 N–H and O–H groups in total. The Kier molecular flexibility index (Phi) is 5.81. The van der Waals surface area contributed by atoms with E-state index in [1.165, 1.54) is 24.1 Å². The van der Waals surface area contributed by atoms with E-state index in [0.29, 0.717) is 23.4 Å². The third-order valence-electron chi connectivity index (χ3n) is 3.97. The molecule has 0 aliphatic carbocycles. The van der Waals surface area contributed by atoms with Crippen molar-refractivity contribution in [3.05, 3.63) is 59.2 Å². The number of nitrogens with zero attached hydrogens (tertiary/aromatic N) is 1. The van der Waals surface area contributed by atoms with Gasteiger partial charge in [0, 0.05) is 24.7 Å². The van der Waals surface area contributed by atoms with E-state index in [2.05, 4.69) is 4.72 Å². The van der Waals surface area contributed by atoms with Crippen molar-refractivity contribution in [3.63, 3.8) is 0 Å². The van der Waals surface area contributed by atoms with Gasteiger partial charge in [-0.3, -0.25) is 4.79 Å². The molecular formula is C18H22N2O4S. The van der Waals surface area contributed by atoms with Crippen LogP contribution in [0.1, 0.15) is 21.5 Å². The first-order chi connectivity index (χ1) is 11.8. The normalized spacial score (nSPS) is 11.2. The highest BCUT2D eigenvalue weighted by molar-refractivity contribution is 7.89. The van der Waals surface area contributed by atoms with Gasteiger partial charge in [0.1, 0.15) is 5.75 Å². The van der Waals surface area contributed by atoms with E-state index in [9.17, 15) is 13.2 Å². The van der Waals surface area contributed by atoms with Crippen molar-refractivity contribution in [2.45, 2.75) is 18.4 Å². The van der Waals surface area contributed by atoms with E-state index in [1.807, 2.05) is 24.3 Å². The molecule has 134 valence electrons. The van der Waals surface area contributed by atoms with Gasteiger partial charge in [0.05, 0.1) is 12.0 Å². The van der Waals surface area contributed by atoms with Gasteiger partial charge >= 0.3 is 0 Å². The zero-order valence-electron chi connectivity index (χ0n) is 14.7. The van der Waals surface area contributed by atoms with Crippen LogP contribution in [0.15, 0.2) is 47.4 Å². The number of amides is 1. The molecule has 6 nitrogen and oxygen atoms in total. The Balaban J connectivity index is 2.32. The minimum Gasteiger partial charge on any atom is -0.496 e. The molecule has 0 saturated heterocycles. The minimum atomic E-state index is -3.61. The zero-order valence-corrected chi connectivity index (χ0v) is 15.6. The summed E-state index contributed by atoms with van der Waals surface area (Å²) in [5.41, 5.74) is 1.94. The summed E-state index contributed by atoms with van der Waals surface area (Å²) in [7, 11) is 0.985. The summed E-state index contributed by atoms with van der Waals surface area (Å²) in [6, 6.07) is 12.0. The van der Waals surface area contributed by atoms with E-state index in [4.69, 9.17) is 4.74 Å². The average molecular weight is 362 g/mol. The highest BCUT2D eigenvalue weighted by Gasteiger charge is 2.19. The Bertz CT molecular complexity index is 878. The molecule has 2 aromatic rings. The first-order valence-corrected chi connectivity index (χ1v) is 9.20. The quantitative estimate of drug-likeness (QED) is 0.855.